The van der Waals surface area contributed by atoms with Crippen LogP contribution in [0.4, 0.5) is 10.2 Å². The van der Waals surface area contributed by atoms with Gasteiger partial charge in [0, 0.05) is 17.6 Å². The number of nitrogens with one attached hydrogen (secondary N) is 2. The fourth-order valence-corrected chi connectivity index (χ4v) is 1.93. The van der Waals surface area contributed by atoms with Crippen molar-refractivity contribution in [2.45, 2.75) is 0 Å². The average molecular weight is 284 g/mol. The highest BCUT2D eigenvalue weighted by Gasteiger charge is 2.13. The van der Waals surface area contributed by atoms with Crippen LogP contribution in [0.15, 0.2) is 47.4 Å². The Labute approximate surface area is 117 Å². The van der Waals surface area contributed by atoms with Gasteiger partial charge in [0.25, 0.3) is 11.5 Å². The van der Waals surface area contributed by atoms with E-state index >= 15 is 0 Å². The minimum absolute atomic E-state index is 0.0959. The van der Waals surface area contributed by atoms with Crippen molar-refractivity contribution in [3.05, 3.63) is 64.3 Å². The van der Waals surface area contributed by atoms with E-state index in [0.29, 0.717) is 10.9 Å². The summed E-state index contributed by atoms with van der Waals surface area (Å²) in [5.74, 6) is -0.930. The highest BCUT2D eigenvalue weighted by atomic mass is 19.1. The summed E-state index contributed by atoms with van der Waals surface area (Å²) in [5, 5.41) is 8.86. The molecule has 7 heteroatoms. The van der Waals surface area contributed by atoms with Crippen molar-refractivity contribution >= 4 is 22.6 Å². The number of pyridine rings is 1. The summed E-state index contributed by atoms with van der Waals surface area (Å²) in [6.07, 6.45) is 1.52. The smallest absolute Gasteiger partial charge is 0.264 e. The maximum atomic E-state index is 13.6. The topological polar surface area (TPSA) is 87.7 Å². The van der Waals surface area contributed by atoms with Gasteiger partial charge in [0.15, 0.2) is 5.82 Å². The number of aromatic nitrogens is 3. The van der Waals surface area contributed by atoms with Crippen LogP contribution in [0.3, 0.4) is 0 Å². The number of carbonyl (C=O) groups excluding carboxylic acids is 1. The van der Waals surface area contributed by atoms with Crippen LogP contribution in [-0.2, 0) is 0 Å². The number of anilines is 1. The van der Waals surface area contributed by atoms with E-state index in [1.54, 1.807) is 12.1 Å². The average Bonchev–Trinajstić information content (AvgIpc) is 2.48. The van der Waals surface area contributed by atoms with Gasteiger partial charge in [-0.05, 0) is 24.3 Å². The van der Waals surface area contributed by atoms with Gasteiger partial charge in [-0.3, -0.25) is 14.6 Å². The SMILES string of the molecule is O=C(Nc1ccc(=O)[nH]n1)c1cc(F)cc2cccnc12. The van der Waals surface area contributed by atoms with Crippen LogP contribution >= 0.6 is 0 Å². The Bertz CT molecular complexity index is 871. The van der Waals surface area contributed by atoms with Gasteiger partial charge < -0.3 is 5.32 Å². The number of rotatable bonds is 2. The van der Waals surface area contributed by atoms with Crippen molar-refractivity contribution in [1.29, 1.82) is 0 Å². The second kappa shape index (κ2) is 5.12. The Hall–Kier alpha value is -3.09. The van der Waals surface area contributed by atoms with Gasteiger partial charge in [0.2, 0.25) is 0 Å². The van der Waals surface area contributed by atoms with Gasteiger partial charge >= 0.3 is 0 Å². The first-order chi connectivity index (χ1) is 10.1. The van der Waals surface area contributed by atoms with Gasteiger partial charge in [-0.25, -0.2) is 9.49 Å². The maximum Gasteiger partial charge on any atom is 0.264 e. The summed E-state index contributed by atoms with van der Waals surface area (Å²) in [5.41, 5.74) is 0.102. The quantitative estimate of drug-likeness (QED) is 0.750. The van der Waals surface area contributed by atoms with Gasteiger partial charge in [-0.1, -0.05) is 6.07 Å². The number of hydrogen-bond acceptors (Lipinski definition) is 4. The van der Waals surface area contributed by atoms with Crippen LogP contribution in [0, 0.1) is 5.82 Å². The summed E-state index contributed by atoms with van der Waals surface area (Å²) >= 11 is 0. The monoisotopic (exact) mass is 284 g/mol. The Balaban J connectivity index is 2.01. The standard InChI is InChI=1S/C14H9FN4O2/c15-9-6-8-2-1-5-16-13(8)10(7-9)14(21)17-11-3-4-12(20)19-18-11/h1-7H,(H,19,20)(H,17,18,21). The van der Waals surface area contributed by atoms with Crippen molar-refractivity contribution in [1.82, 2.24) is 15.2 Å². The number of hydrogen-bond donors (Lipinski definition) is 2. The fraction of sp³-hybridized carbons (Fsp3) is 0. The largest absolute Gasteiger partial charge is 0.305 e. The molecule has 0 aliphatic heterocycles. The first-order valence-corrected chi connectivity index (χ1v) is 6.05. The lowest BCUT2D eigenvalue weighted by Crippen LogP contribution is -2.16. The number of benzene rings is 1. The minimum atomic E-state index is -0.558. The van der Waals surface area contributed by atoms with Crippen LogP contribution in [0.2, 0.25) is 0 Å². The molecule has 0 atom stereocenters. The molecular formula is C14H9FN4O2. The Morgan fingerprint density at radius 1 is 1.24 bits per heavy atom. The van der Waals surface area contributed by atoms with E-state index in [-0.39, 0.29) is 16.9 Å². The van der Waals surface area contributed by atoms with E-state index in [2.05, 4.69) is 20.5 Å². The molecule has 0 spiro atoms. The van der Waals surface area contributed by atoms with Gasteiger partial charge in [-0.15, -0.1) is 0 Å². The number of amides is 1. The lowest BCUT2D eigenvalue weighted by molar-refractivity contribution is 0.102. The van der Waals surface area contributed by atoms with Crippen molar-refractivity contribution in [2.24, 2.45) is 0 Å². The van der Waals surface area contributed by atoms with E-state index in [1.165, 1.54) is 24.4 Å². The Morgan fingerprint density at radius 3 is 2.86 bits per heavy atom. The Morgan fingerprint density at radius 2 is 2.10 bits per heavy atom. The van der Waals surface area contributed by atoms with Crippen molar-refractivity contribution < 1.29 is 9.18 Å². The molecule has 2 aromatic heterocycles. The first kappa shape index (κ1) is 12.9. The third kappa shape index (κ3) is 2.62. The lowest BCUT2D eigenvalue weighted by atomic mass is 10.1. The molecular weight excluding hydrogens is 275 g/mol. The third-order valence-electron chi connectivity index (χ3n) is 2.84. The second-order valence-corrected chi connectivity index (χ2v) is 4.29. The minimum Gasteiger partial charge on any atom is -0.305 e. The summed E-state index contributed by atoms with van der Waals surface area (Å²) in [4.78, 5) is 27.2. The molecule has 0 saturated heterocycles. The van der Waals surface area contributed by atoms with Crippen LogP contribution in [-0.4, -0.2) is 21.1 Å². The summed E-state index contributed by atoms with van der Waals surface area (Å²) < 4.78 is 13.6. The van der Waals surface area contributed by atoms with Gasteiger partial charge in [-0.2, -0.15) is 5.10 Å². The number of H-pyrrole nitrogens is 1. The number of halogens is 1. The predicted molar refractivity (Wildman–Crippen MR) is 74.5 cm³/mol. The molecule has 0 aliphatic carbocycles. The maximum absolute atomic E-state index is 13.6. The highest BCUT2D eigenvalue weighted by molar-refractivity contribution is 6.11. The lowest BCUT2D eigenvalue weighted by Gasteiger charge is -2.06. The molecule has 1 amide bonds. The first-order valence-electron chi connectivity index (χ1n) is 6.05. The zero-order valence-corrected chi connectivity index (χ0v) is 10.6. The molecule has 6 nitrogen and oxygen atoms in total. The predicted octanol–water partition coefficient (Wildman–Crippen LogP) is 1.71. The highest BCUT2D eigenvalue weighted by Crippen LogP contribution is 2.19. The number of fused-ring (bicyclic) bond motifs is 1. The van der Waals surface area contributed by atoms with Crippen LogP contribution < -0.4 is 10.9 Å². The van der Waals surface area contributed by atoms with Crippen LogP contribution in [0.25, 0.3) is 10.9 Å². The Kier molecular flexibility index (Phi) is 3.15. The van der Waals surface area contributed by atoms with E-state index < -0.39 is 11.7 Å². The molecule has 2 heterocycles. The normalized spacial score (nSPS) is 10.5. The van der Waals surface area contributed by atoms with E-state index in [4.69, 9.17) is 0 Å². The van der Waals surface area contributed by atoms with Crippen molar-refractivity contribution in [3.63, 3.8) is 0 Å². The molecule has 21 heavy (non-hydrogen) atoms. The third-order valence-corrected chi connectivity index (χ3v) is 2.84. The molecule has 0 aliphatic rings. The van der Waals surface area contributed by atoms with Gasteiger partial charge in [0.05, 0.1) is 11.1 Å². The zero-order chi connectivity index (χ0) is 14.8. The summed E-state index contributed by atoms with van der Waals surface area (Å²) in [6.45, 7) is 0. The van der Waals surface area contributed by atoms with Crippen LogP contribution in [0.1, 0.15) is 10.4 Å². The molecule has 0 saturated carbocycles. The van der Waals surface area contributed by atoms with Crippen molar-refractivity contribution in [2.75, 3.05) is 5.32 Å². The molecule has 0 unspecified atom stereocenters. The number of aromatic amines is 1. The molecule has 2 N–H and O–H groups in total. The van der Waals surface area contributed by atoms with Crippen LogP contribution in [0.5, 0.6) is 0 Å². The molecule has 3 rings (SSSR count). The van der Waals surface area contributed by atoms with Crippen molar-refractivity contribution in [3.8, 4) is 0 Å². The summed E-state index contributed by atoms with van der Waals surface area (Å²) in [6, 6.07) is 8.32. The molecule has 104 valence electrons. The number of carbonyl (C=O) groups is 1. The van der Waals surface area contributed by atoms with Gasteiger partial charge in [0.1, 0.15) is 5.82 Å². The zero-order valence-electron chi connectivity index (χ0n) is 10.6. The van der Waals surface area contributed by atoms with E-state index in [1.807, 2.05) is 0 Å². The molecule has 0 radical (unpaired) electrons. The summed E-state index contributed by atoms with van der Waals surface area (Å²) in [7, 11) is 0. The molecule has 1 aromatic carbocycles. The van der Waals surface area contributed by atoms with E-state index in [9.17, 15) is 14.0 Å². The second-order valence-electron chi connectivity index (χ2n) is 4.29. The van der Waals surface area contributed by atoms with E-state index in [0.717, 1.165) is 6.07 Å². The molecule has 0 bridgehead atoms. The number of nitrogens with zero attached hydrogens (tertiary/aromatic N) is 2. The fourth-order valence-electron chi connectivity index (χ4n) is 1.93. The molecule has 3 aromatic rings. The molecule has 0 fully saturated rings.